The van der Waals surface area contributed by atoms with Crippen molar-refractivity contribution in [1.29, 1.82) is 5.26 Å². The number of nitriles is 1. The number of aryl methyl sites for hydroxylation is 1. The van der Waals surface area contributed by atoms with Crippen LogP contribution in [0.4, 0.5) is 0 Å². The van der Waals surface area contributed by atoms with Crippen molar-refractivity contribution >= 4 is 87.0 Å². The second-order valence-corrected chi connectivity index (χ2v) is 21.3. The number of nitrogens with zero attached hydrogens (tertiary/aromatic N) is 4. The topological polar surface area (TPSA) is 38.6 Å². The van der Waals surface area contributed by atoms with Gasteiger partial charge in [0.25, 0.3) is 0 Å². The fourth-order valence-electron chi connectivity index (χ4n) is 14.1. The van der Waals surface area contributed by atoms with E-state index >= 15 is 0 Å². The highest BCUT2D eigenvalue weighted by Gasteiger charge is 2.33. The van der Waals surface area contributed by atoms with Crippen LogP contribution in [0.25, 0.3) is 126 Å². The molecule has 0 bridgehead atoms. The molecule has 1 atom stereocenters. The lowest BCUT2D eigenvalue weighted by molar-refractivity contribution is 0.785. The zero-order valence-corrected chi connectivity index (χ0v) is 44.6. The van der Waals surface area contributed by atoms with E-state index in [9.17, 15) is 5.26 Å². The van der Waals surface area contributed by atoms with E-state index in [2.05, 4.69) is 272 Å². The molecule has 0 aliphatic rings. The summed E-state index contributed by atoms with van der Waals surface area (Å²) >= 11 is 0. The van der Waals surface area contributed by atoms with E-state index in [-0.39, 0.29) is 5.92 Å². The Kier molecular flexibility index (Phi) is 10.6. The zero-order valence-electron chi connectivity index (χ0n) is 44.6. The van der Waals surface area contributed by atoms with Crippen LogP contribution in [0.3, 0.4) is 0 Å². The van der Waals surface area contributed by atoms with Gasteiger partial charge in [0.15, 0.2) is 0 Å². The van der Waals surface area contributed by atoms with E-state index in [0.29, 0.717) is 5.56 Å². The van der Waals surface area contributed by atoms with Crippen LogP contribution in [0.1, 0.15) is 52.6 Å². The van der Waals surface area contributed by atoms with Gasteiger partial charge >= 0.3 is 0 Å². The van der Waals surface area contributed by atoms with Gasteiger partial charge in [0.1, 0.15) is 0 Å². The van der Waals surface area contributed by atoms with Gasteiger partial charge in [-0.25, -0.2) is 0 Å². The molecule has 0 N–H and O–H groups in total. The first-order chi connectivity index (χ1) is 38.9. The van der Waals surface area contributed by atoms with E-state index in [4.69, 9.17) is 0 Å². The number of aromatic nitrogens is 3. The summed E-state index contributed by atoms with van der Waals surface area (Å²) in [5.74, 6) is -0.108. The molecule has 3 aromatic heterocycles. The van der Waals surface area contributed by atoms with Crippen LogP contribution < -0.4 is 0 Å². The quantitative estimate of drug-likeness (QED) is 0.140. The van der Waals surface area contributed by atoms with Gasteiger partial charge in [-0.3, -0.25) is 0 Å². The van der Waals surface area contributed by atoms with E-state index in [0.717, 1.165) is 56.7 Å². The molecule has 15 rings (SSSR count). The summed E-state index contributed by atoms with van der Waals surface area (Å²) in [7, 11) is 0. The fraction of sp³-hybridized carbons (Fsp3) is 0.0800. The van der Waals surface area contributed by atoms with Gasteiger partial charge in [0, 0.05) is 55.2 Å². The maximum Gasteiger partial charge on any atom is 0.0998 e. The minimum Gasteiger partial charge on any atom is -0.309 e. The van der Waals surface area contributed by atoms with Crippen LogP contribution in [0, 0.1) is 32.1 Å². The largest absolute Gasteiger partial charge is 0.309 e. The first-order valence-corrected chi connectivity index (χ1v) is 27.6. The fourth-order valence-corrected chi connectivity index (χ4v) is 14.1. The average molecular weight is 1010 g/mol. The lowest BCUT2D eigenvalue weighted by Crippen LogP contribution is -2.13. The Morgan fingerprint density at radius 1 is 0.392 bits per heavy atom. The molecule has 15 aromatic rings. The van der Waals surface area contributed by atoms with Crippen molar-refractivity contribution in [2.45, 2.75) is 40.0 Å². The summed E-state index contributed by atoms with van der Waals surface area (Å²) in [6.07, 6.45) is 0.811. The van der Waals surface area contributed by atoms with Crippen molar-refractivity contribution in [1.82, 2.24) is 13.7 Å². The van der Waals surface area contributed by atoms with E-state index < -0.39 is 0 Å². The molecule has 12 aromatic carbocycles. The molecule has 3 heterocycles. The number of benzene rings is 12. The molecule has 0 aliphatic carbocycles. The minimum atomic E-state index is -0.108. The smallest absolute Gasteiger partial charge is 0.0998 e. The maximum absolute atomic E-state index is 11.3. The highest BCUT2D eigenvalue weighted by Crippen LogP contribution is 2.53. The molecule has 0 fully saturated rings. The predicted molar refractivity (Wildman–Crippen MR) is 333 cm³/mol. The molecule has 0 spiro atoms. The molecule has 4 heteroatoms. The van der Waals surface area contributed by atoms with Crippen LogP contribution >= 0.6 is 0 Å². The Morgan fingerprint density at radius 3 is 1.48 bits per heavy atom. The Morgan fingerprint density at radius 2 is 0.861 bits per heavy atom. The zero-order chi connectivity index (χ0) is 53.0. The second kappa shape index (κ2) is 18.1. The van der Waals surface area contributed by atoms with Gasteiger partial charge in [-0.2, -0.15) is 5.26 Å². The third-order valence-corrected chi connectivity index (χ3v) is 17.3. The van der Waals surface area contributed by atoms with Gasteiger partial charge in [-0.05, 0) is 160 Å². The Hall–Kier alpha value is -9.95. The van der Waals surface area contributed by atoms with Crippen molar-refractivity contribution in [3.63, 3.8) is 0 Å². The predicted octanol–water partition coefficient (Wildman–Crippen LogP) is 20.0. The van der Waals surface area contributed by atoms with E-state index in [1.54, 1.807) is 0 Å². The number of fused-ring (bicyclic) bond motifs is 14. The first kappa shape index (κ1) is 46.4. The van der Waals surface area contributed by atoms with Crippen molar-refractivity contribution < 1.29 is 0 Å². The third-order valence-electron chi connectivity index (χ3n) is 17.3. The summed E-state index contributed by atoms with van der Waals surface area (Å²) in [5, 5.41) is 23.5. The second-order valence-electron chi connectivity index (χ2n) is 21.3. The molecular weight excluding hydrogens is 957 g/mol. The van der Waals surface area contributed by atoms with Gasteiger partial charge in [-0.1, -0.05) is 177 Å². The molecule has 1 unspecified atom stereocenters. The molecule has 0 radical (unpaired) electrons. The van der Waals surface area contributed by atoms with Crippen LogP contribution in [-0.4, -0.2) is 13.7 Å². The normalized spacial score (nSPS) is 12.3. The molecular formula is C75H54N4. The lowest BCUT2D eigenvalue weighted by atomic mass is 9.73. The van der Waals surface area contributed by atoms with Crippen LogP contribution in [0.15, 0.2) is 237 Å². The van der Waals surface area contributed by atoms with Crippen molar-refractivity contribution in [2.75, 3.05) is 0 Å². The highest BCUT2D eigenvalue weighted by atomic mass is 15.0. The Balaban J connectivity index is 1.12. The first-order valence-electron chi connectivity index (χ1n) is 27.6. The highest BCUT2D eigenvalue weighted by molar-refractivity contribution is 6.28. The van der Waals surface area contributed by atoms with E-state index in [1.807, 2.05) is 12.1 Å². The number of para-hydroxylation sites is 5. The monoisotopic (exact) mass is 1010 g/mol. The van der Waals surface area contributed by atoms with Crippen LogP contribution in [-0.2, 0) is 0 Å². The third kappa shape index (κ3) is 6.73. The summed E-state index contributed by atoms with van der Waals surface area (Å²) in [6, 6.07) is 89.1. The van der Waals surface area contributed by atoms with Crippen molar-refractivity contribution in [2.24, 2.45) is 0 Å². The van der Waals surface area contributed by atoms with Crippen molar-refractivity contribution in [3.8, 4) is 45.4 Å². The Labute approximate surface area is 458 Å². The van der Waals surface area contributed by atoms with Gasteiger partial charge in [-0.15, -0.1) is 0 Å². The molecule has 0 aliphatic heterocycles. The van der Waals surface area contributed by atoms with Crippen molar-refractivity contribution in [3.05, 3.63) is 270 Å². The van der Waals surface area contributed by atoms with E-state index in [1.165, 1.54) is 104 Å². The lowest BCUT2D eigenvalue weighted by Gasteiger charge is -2.31. The Bertz CT molecular complexity index is 5040. The summed E-state index contributed by atoms with van der Waals surface area (Å²) in [5.41, 5.74) is 21.5. The molecule has 4 nitrogen and oxygen atoms in total. The van der Waals surface area contributed by atoms with Gasteiger partial charge in [0.2, 0.25) is 0 Å². The number of rotatable bonds is 8. The summed E-state index contributed by atoms with van der Waals surface area (Å²) in [6.45, 7) is 9.32. The molecule has 374 valence electrons. The van der Waals surface area contributed by atoms with Gasteiger partial charge < -0.3 is 13.7 Å². The minimum absolute atomic E-state index is 0.108. The SMILES string of the molecule is CCC(c1c(-c2ccccc2C)c(C)c(-n2c3ccccc3c3ccc4c(c5ccccc5n4-c4ccccc4)c32)c(C)c1-c1ccccc1C#N)c1cc2c(ccc3c2c2ccccc2n3-c2ccccc2)c2ccccc12. The average Bonchev–Trinajstić information content (AvgIpc) is 4.26. The van der Waals surface area contributed by atoms with Crippen LogP contribution in [0.5, 0.6) is 0 Å². The number of hydrogen-bond acceptors (Lipinski definition) is 1. The number of hydrogen-bond donors (Lipinski definition) is 0. The molecule has 0 amide bonds. The van der Waals surface area contributed by atoms with Crippen LogP contribution in [0.2, 0.25) is 0 Å². The molecule has 0 saturated heterocycles. The molecule has 0 saturated carbocycles. The summed E-state index contributed by atoms with van der Waals surface area (Å²) < 4.78 is 7.45. The standard InChI is InChI=1S/C75H54N4/c1-5-52(62-44-63-57(55-32-16-17-33-56(55)62)40-42-67-71(63)60-35-19-22-38-65(60)77(67)50-26-8-6-9-27-50)73-69(53-30-14-12-24-46(53)2)47(3)74(48(4)70(73)54-31-15-13-25-49(54)45-76)79-64-37-21-18-34-58(64)59-41-43-68-72(75(59)79)61-36-20-23-39-66(61)78(68)51-28-10-7-11-29-51/h6-44,52H,5H2,1-4H3. The maximum atomic E-state index is 11.3. The summed E-state index contributed by atoms with van der Waals surface area (Å²) in [4.78, 5) is 0. The van der Waals surface area contributed by atoms with Gasteiger partial charge in [0.05, 0.1) is 50.4 Å². The molecule has 79 heavy (non-hydrogen) atoms.